The molecular formula is C26H19BrClFINO4S. The number of nitrogens with zero attached hydrogens (tertiary/aromatic N) is 1. The van der Waals surface area contributed by atoms with Gasteiger partial charge in [0.1, 0.15) is 12.4 Å². The highest BCUT2D eigenvalue weighted by molar-refractivity contribution is 14.1. The Labute approximate surface area is 239 Å². The van der Waals surface area contributed by atoms with Gasteiger partial charge in [-0.25, -0.2) is 4.39 Å². The van der Waals surface area contributed by atoms with Crippen LogP contribution in [0.5, 0.6) is 11.5 Å². The SMILES string of the molecule is CCOc1cc(/C=C2\SC(=O)N(Cc3ccccc3Br)C2=O)cc(I)c1OCc1c(F)cccc1Cl. The van der Waals surface area contributed by atoms with Crippen molar-refractivity contribution in [1.82, 2.24) is 4.90 Å². The average molecular weight is 703 g/mol. The Kier molecular flexibility index (Phi) is 8.97. The molecule has 2 amide bonds. The van der Waals surface area contributed by atoms with Crippen LogP contribution in [0.2, 0.25) is 5.02 Å². The molecule has 0 spiro atoms. The Hall–Kier alpha value is -2.08. The Bertz CT molecular complexity index is 1350. The molecule has 3 aromatic rings. The summed E-state index contributed by atoms with van der Waals surface area (Å²) >= 11 is 12.6. The summed E-state index contributed by atoms with van der Waals surface area (Å²) in [4.78, 5) is 27.1. The van der Waals surface area contributed by atoms with Crippen LogP contribution in [-0.2, 0) is 17.9 Å². The van der Waals surface area contributed by atoms with Gasteiger partial charge in [-0.05, 0) is 88.8 Å². The number of carbonyl (C=O) groups excluding carboxylic acids is 2. The first-order valence-electron chi connectivity index (χ1n) is 10.8. The highest BCUT2D eigenvalue weighted by atomic mass is 127. The van der Waals surface area contributed by atoms with E-state index in [-0.39, 0.29) is 34.9 Å². The van der Waals surface area contributed by atoms with Crippen molar-refractivity contribution in [3.8, 4) is 11.5 Å². The van der Waals surface area contributed by atoms with Gasteiger partial charge in [-0.15, -0.1) is 0 Å². The number of benzene rings is 3. The fourth-order valence-corrected chi connectivity index (χ4v) is 5.72. The molecule has 36 heavy (non-hydrogen) atoms. The van der Waals surface area contributed by atoms with E-state index in [0.29, 0.717) is 32.1 Å². The Balaban J connectivity index is 1.58. The van der Waals surface area contributed by atoms with Crippen molar-refractivity contribution in [3.63, 3.8) is 0 Å². The molecule has 1 aliphatic rings. The lowest BCUT2D eigenvalue weighted by Crippen LogP contribution is -2.27. The molecule has 0 bridgehead atoms. The molecule has 0 N–H and O–H groups in total. The van der Waals surface area contributed by atoms with E-state index in [4.69, 9.17) is 21.1 Å². The van der Waals surface area contributed by atoms with Gasteiger partial charge < -0.3 is 9.47 Å². The van der Waals surface area contributed by atoms with Crippen LogP contribution in [0.1, 0.15) is 23.6 Å². The van der Waals surface area contributed by atoms with Crippen LogP contribution in [-0.4, -0.2) is 22.7 Å². The summed E-state index contributed by atoms with van der Waals surface area (Å²) in [5.41, 5.74) is 1.76. The van der Waals surface area contributed by atoms with Crippen molar-refractivity contribution in [1.29, 1.82) is 0 Å². The molecule has 4 rings (SSSR count). The molecule has 10 heteroatoms. The molecule has 0 atom stereocenters. The van der Waals surface area contributed by atoms with E-state index < -0.39 is 5.82 Å². The van der Waals surface area contributed by atoms with E-state index in [2.05, 4.69) is 38.5 Å². The second-order valence-corrected chi connectivity index (χ2v) is 11.0. The Morgan fingerprint density at radius 3 is 2.64 bits per heavy atom. The first-order valence-corrected chi connectivity index (χ1v) is 13.9. The molecular weight excluding hydrogens is 684 g/mol. The standard InChI is InChI=1S/C26H19BrClFINO4S/c1-2-34-22-11-15(10-21(30)24(22)35-14-17-19(28)8-5-9-20(17)29)12-23-25(32)31(26(33)36-23)13-16-6-3-4-7-18(16)27/h3-12H,2,13-14H2,1H3/b23-12-. The number of rotatable bonds is 8. The minimum atomic E-state index is -0.453. The van der Waals surface area contributed by atoms with Crippen LogP contribution < -0.4 is 9.47 Å². The summed E-state index contributed by atoms with van der Waals surface area (Å²) in [6.45, 7) is 2.31. The van der Waals surface area contributed by atoms with Crippen LogP contribution >= 0.6 is 61.9 Å². The highest BCUT2D eigenvalue weighted by Crippen LogP contribution is 2.39. The van der Waals surface area contributed by atoms with Gasteiger partial charge in [0, 0.05) is 10.0 Å². The number of halogens is 4. The van der Waals surface area contributed by atoms with E-state index >= 15 is 0 Å². The smallest absolute Gasteiger partial charge is 0.293 e. The lowest BCUT2D eigenvalue weighted by Gasteiger charge is -2.16. The second-order valence-electron chi connectivity index (χ2n) is 7.61. The topological polar surface area (TPSA) is 55.8 Å². The normalized spacial score (nSPS) is 14.6. The molecule has 0 saturated carbocycles. The van der Waals surface area contributed by atoms with Crippen molar-refractivity contribution in [2.24, 2.45) is 0 Å². The first kappa shape index (κ1) is 27.0. The number of hydrogen-bond donors (Lipinski definition) is 0. The lowest BCUT2D eigenvalue weighted by atomic mass is 10.1. The van der Waals surface area contributed by atoms with Crippen LogP contribution in [0.4, 0.5) is 9.18 Å². The molecule has 0 radical (unpaired) electrons. The molecule has 1 saturated heterocycles. The summed E-state index contributed by atoms with van der Waals surface area (Å²) in [6, 6.07) is 15.5. The summed E-state index contributed by atoms with van der Waals surface area (Å²) in [5.74, 6) is 0.0695. The van der Waals surface area contributed by atoms with E-state index in [1.54, 1.807) is 18.2 Å². The molecule has 1 aliphatic heterocycles. The lowest BCUT2D eigenvalue weighted by molar-refractivity contribution is -0.123. The Morgan fingerprint density at radius 1 is 1.14 bits per heavy atom. The zero-order chi connectivity index (χ0) is 25.8. The van der Waals surface area contributed by atoms with Gasteiger partial charge in [0.05, 0.1) is 26.6 Å². The maximum absolute atomic E-state index is 14.2. The van der Waals surface area contributed by atoms with Crippen molar-refractivity contribution in [2.45, 2.75) is 20.1 Å². The molecule has 3 aromatic carbocycles. The molecule has 0 aliphatic carbocycles. The van der Waals surface area contributed by atoms with Crippen LogP contribution in [0.25, 0.3) is 6.08 Å². The van der Waals surface area contributed by atoms with Gasteiger partial charge in [0.2, 0.25) is 0 Å². The molecule has 5 nitrogen and oxygen atoms in total. The van der Waals surface area contributed by atoms with Gasteiger partial charge in [-0.2, -0.15) is 0 Å². The zero-order valence-electron chi connectivity index (χ0n) is 18.9. The highest BCUT2D eigenvalue weighted by Gasteiger charge is 2.35. The molecule has 1 fully saturated rings. The van der Waals surface area contributed by atoms with Gasteiger partial charge >= 0.3 is 0 Å². The largest absolute Gasteiger partial charge is 0.490 e. The average Bonchev–Trinajstić information content (AvgIpc) is 3.09. The number of ether oxygens (including phenoxy) is 2. The minimum Gasteiger partial charge on any atom is -0.490 e. The number of carbonyl (C=O) groups is 2. The summed E-state index contributed by atoms with van der Waals surface area (Å²) in [6.07, 6.45) is 1.66. The van der Waals surface area contributed by atoms with Gasteiger partial charge in [-0.3, -0.25) is 14.5 Å². The van der Waals surface area contributed by atoms with Crippen molar-refractivity contribution in [3.05, 3.63) is 95.1 Å². The van der Waals surface area contributed by atoms with Gasteiger partial charge in [-0.1, -0.05) is 51.8 Å². The van der Waals surface area contributed by atoms with E-state index in [1.165, 1.54) is 17.0 Å². The summed E-state index contributed by atoms with van der Waals surface area (Å²) in [5, 5.41) is -0.0544. The third kappa shape index (κ3) is 6.07. The predicted octanol–water partition coefficient (Wildman–Crippen LogP) is 8.06. The maximum atomic E-state index is 14.2. The summed E-state index contributed by atoms with van der Waals surface area (Å²) < 4.78 is 27.4. The quantitative estimate of drug-likeness (QED) is 0.176. The molecule has 0 unspecified atom stereocenters. The first-order chi connectivity index (χ1) is 17.3. The third-order valence-corrected chi connectivity index (χ3v) is 8.05. The van der Waals surface area contributed by atoms with Crippen LogP contribution in [0.3, 0.4) is 0 Å². The van der Waals surface area contributed by atoms with Crippen LogP contribution in [0.15, 0.2) is 64.0 Å². The molecule has 0 aromatic heterocycles. The molecule has 186 valence electrons. The number of thioether (sulfide) groups is 1. The number of hydrogen-bond acceptors (Lipinski definition) is 5. The molecule has 1 heterocycles. The van der Waals surface area contributed by atoms with E-state index in [0.717, 1.165) is 21.8 Å². The van der Waals surface area contributed by atoms with E-state index in [1.807, 2.05) is 37.3 Å². The zero-order valence-corrected chi connectivity index (χ0v) is 24.2. The van der Waals surface area contributed by atoms with Crippen molar-refractivity contribution in [2.75, 3.05) is 6.61 Å². The second kappa shape index (κ2) is 12.0. The number of amides is 2. The fraction of sp³-hybridized carbons (Fsp3) is 0.154. The van der Waals surface area contributed by atoms with Crippen molar-refractivity contribution < 1.29 is 23.5 Å². The minimum absolute atomic E-state index is 0.0745. The Morgan fingerprint density at radius 2 is 1.92 bits per heavy atom. The predicted molar refractivity (Wildman–Crippen MR) is 152 cm³/mol. The van der Waals surface area contributed by atoms with Crippen molar-refractivity contribution >= 4 is 79.1 Å². The summed E-state index contributed by atoms with van der Waals surface area (Å²) in [7, 11) is 0. The van der Waals surface area contributed by atoms with Gasteiger partial charge in [0.15, 0.2) is 11.5 Å². The monoisotopic (exact) mass is 701 g/mol. The third-order valence-electron chi connectivity index (χ3n) is 5.21. The van der Waals surface area contributed by atoms with Gasteiger partial charge in [0.25, 0.3) is 11.1 Å². The number of imide groups is 1. The fourth-order valence-electron chi connectivity index (χ4n) is 3.47. The van der Waals surface area contributed by atoms with Crippen LogP contribution in [0, 0.1) is 9.39 Å². The van der Waals surface area contributed by atoms with E-state index in [9.17, 15) is 14.0 Å². The maximum Gasteiger partial charge on any atom is 0.293 e.